The average Bonchev–Trinajstić information content (AvgIpc) is 2.41. The highest BCUT2D eigenvalue weighted by molar-refractivity contribution is 14.1. The molecule has 0 bridgehead atoms. The smallest absolute Gasteiger partial charge is 0.162 e. The van der Waals surface area contributed by atoms with Gasteiger partial charge in [-0.3, -0.25) is 4.79 Å². The zero-order valence-corrected chi connectivity index (χ0v) is 12.2. The van der Waals surface area contributed by atoms with Gasteiger partial charge in [0.25, 0.3) is 0 Å². The summed E-state index contributed by atoms with van der Waals surface area (Å²) >= 11 is 2.25. The SMILES string of the molecule is CCC(=O)c1ccc(Oc2ccc(I)cc2)cc1. The molecule has 0 aliphatic heterocycles. The number of carbonyl (C=O) groups is 1. The fourth-order valence-electron chi connectivity index (χ4n) is 1.55. The van der Waals surface area contributed by atoms with Crippen molar-refractivity contribution < 1.29 is 9.53 Å². The summed E-state index contributed by atoms with van der Waals surface area (Å²) in [5.74, 6) is 1.68. The number of hydrogen-bond acceptors (Lipinski definition) is 2. The number of halogens is 1. The summed E-state index contributed by atoms with van der Waals surface area (Å²) in [4.78, 5) is 11.5. The third kappa shape index (κ3) is 3.32. The molecular formula is C15H13IO2. The Morgan fingerprint density at radius 1 is 1.00 bits per heavy atom. The second kappa shape index (κ2) is 6.00. The van der Waals surface area contributed by atoms with Crippen LogP contribution in [0.3, 0.4) is 0 Å². The van der Waals surface area contributed by atoms with E-state index in [1.54, 1.807) is 12.1 Å². The van der Waals surface area contributed by atoms with Crippen LogP contribution in [-0.4, -0.2) is 5.78 Å². The van der Waals surface area contributed by atoms with Crippen molar-refractivity contribution in [3.63, 3.8) is 0 Å². The molecule has 0 spiro atoms. The summed E-state index contributed by atoms with van der Waals surface area (Å²) in [6.45, 7) is 1.86. The van der Waals surface area contributed by atoms with E-state index in [1.807, 2.05) is 43.3 Å². The average molecular weight is 352 g/mol. The monoisotopic (exact) mass is 352 g/mol. The maximum atomic E-state index is 11.5. The van der Waals surface area contributed by atoms with E-state index in [9.17, 15) is 4.79 Å². The Balaban J connectivity index is 2.10. The van der Waals surface area contributed by atoms with Crippen LogP contribution < -0.4 is 4.74 Å². The zero-order valence-electron chi connectivity index (χ0n) is 10.0. The zero-order chi connectivity index (χ0) is 13.0. The minimum absolute atomic E-state index is 0.149. The molecule has 0 radical (unpaired) electrons. The first-order valence-corrected chi connectivity index (χ1v) is 6.83. The highest BCUT2D eigenvalue weighted by atomic mass is 127. The van der Waals surface area contributed by atoms with Crippen LogP contribution in [0, 0.1) is 3.57 Å². The lowest BCUT2D eigenvalue weighted by atomic mass is 10.1. The second-order valence-electron chi connectivity index (χ2n) is 3.86. The fourth-order valence-corrected chi connectivity index (χ4v) is 1.91. The van der Waals surface area contributed by atoms with Crippen LogP contribution in [0.2, 0.25) is 0 Å². The Morgan fingerprint density at radius 3 is 2.00 bits per heavy atom. The third-order valence-corrected chi connectivity index (χ3v) is 3.27. The molecule has 0 aliphatic rings. The van der Waals surface area contributed by atoms with Crippen molar-refractivity contribution in [2.45, 2.75) is 13.3 Å². The van der Waals surface area contributed by atoms with E-state index in [0.717, 1.165) is 17.1 Å². The van der Waals surface area contributed by atoms with Gasteiger partial charge in [-0.1, -0.05) is 6.92 Å². The van der Waals surface area contributed by atoms with Crippen molar-refractivity contribution in [3.8, 4) is 11.5 Å². The summed E-state index contributed by atoms with van der Waals surface area (Å²) in [5, 5.41) is 0. The van der Waals surface area contributed by atoms with Gasteiger partial charge in [0.1, 0.15) is 11.5 Å². The molecule has 2 aromatic rings. The minimum atomic E-state index is 0.149. The topological polar surface area (TPSA) is 26.3 Å². The van der Waals surface area contributed by atoms with Crippen LogP contribution in [-0.2, 0) is 0 Å². The summed E-state index contributed by atoms with van der Waals surface area (Å²) in [6, 6.07) is 15.1. The maximum Gasteiger partial charge on any atom is 0.162 e. The Kier molecular flexibility index (Phi) is 4.36. The Morgan fingerprint density at radius 2 is 1.50 bits per heavy atom. The van der Waals surface area contributed by atoms with Gasteiger partial charge >= 0.3 is 0 Å². The molecule has 0 amide bonds. The van der Waals surface area contributed by atoms with Crippen molar-refractivity contribution in [2.75, 3.05) is 0 Å². The largest absolute Gasteiger partial charge is 0.457 e. The Bertz CT molecular complexity index is 529. The molecule has 0 atom stereocenters. The fraction of sp³-hybridized carbons (Fsp3) is 0.133. The van der Waals surface area contributed by atoms with Gasteiger partial charge in [-0.15, -0.1) is 0 Å². The molecule has 18 heavy (non-hydrogen) atoms. The lowest BCUT2D eigenvalue weighted by molar-refractivity contribution is 0.0988. The molecular weight excluding hydrogens is 339 g/mol. The molecule has 3 heteroatoms. The number of carbonyl (C=O) groups excluding carboxylic acids is 1. The van der Waals surface area contributed by atoms with Crippen LogP contribution in [0.4, 0.5) is 0 Å². The number of ketones is 1. The molecule has 0 heterocycles. The van der Waals surface area contributed by atoms with E-state index in [0.29, 0.717) is 6.42 Å². The Labute approximate surface area is 120 Å². The van der Waals surface area contributed by atoms with E-state index in [4.69, 9.17) is 4.74 Å². The van der Waals surface area contributed by atoms with Gasteiger partial charge in [0.15, 0.2) is 5.78 Å². The predicted molar refractivity (Wildman–Crippen MR) is 80.3 cm³/mol. The molecule has 2 aromatic carbocycles. The molecule has 0 aliphatic carbocycles. The quantitative estimate of drug-likeness (QED) is 0.590. The van der Waals surface area contributed by atoms with Crippen LogP contribution in [0.1, 0.15) is 23.7 Å². The molecule has 0 fully saturated rings. The first-order valence-electron chi connectivity index (χ1n) is 5.75. The molecule has 0 saturated carbocycles. The number of benzene rings is 2. The molecule has 92 valence electrons. The van der Waals surface area contributed by atoms with Crippen molar-refractivity contribution >= 4 is 28.4 Å². The molecule has 0 saturated heterocycles. The maximum absolute atomic E-state index is 11.5. The van der Waals surface area contributed by atoms with Crippen LogP contribution in [0.25, 0.3) is 0 Å². The molecule has 2 nitrogen and oxygen atoms in total. The van der Waals surface area contributed by atoms with Gasteiger partial charge in [0.05, 0.1) is 0 Å². The standard InChI is InChI=1S/C15H13IO2/c1-2-15(17)11-3-7-13(8-4-11)18-14-9-5-12(16)6-10-14/h3-10H,2H2,1H3. The van der Waals surface area contributed by atoms with Gasteiger partial charge in [0.2, 0.25) is 0 Å². The highest BCUT2D eigenvalue weighted by Gasteiger charge is 2.03. The Hall–Kier alpha value is -1.36. The van der Waals surface area contributed by atoms with Gasteiger partial charge < -0.3 is 4.74 Å². The van der Waals surface area contributed by atoms with Crippen LogP contribution in [0.15, 0.2) is 48.5 Å². The van der Waals surface area contributed by atoms with Crippen LogP contribution in [0.5, 0.6) is 11.5 Å². The van der Waals surface area contributed by atoms with Crippen molar-refractivity contribution in [3.05, 3.63) is 57.7 Å². The number of ether oxygens (including phenoxy) is 1. The first-order chi connectivity index (χ1) is 8.69. The lowest BCUT2D eigenvalue weighted by Gasteiger charge is -2.06. The minimum Gasteiger partial charge on any atom is -0.457 e. The summed E-state index contributed by atoms with van der Waals surface area (Å²) in [5.41, 5.74) is 0.729. The van der Waals surface area contributed by atoms with Gasteiger partial charge in [-0.2, -0.15) is 0 Å². The van der Waals surface area contributed by atoms with E-state index < -0.39 is 0 Å². The molecule has 2 rings (SSSR count). The van der Waals surface area contributed by atoms with Crippen molar-refractivity contribution in [1.82, 2.24) is 0 Å². The number of Topliss-reactive ketones (excluding diaryl/α,β-unsaturated/α-hetero) is 1. The number of rotatable bonds is 4. The lowest BCUT2D eigenvalue weighted by Crippen LogP contribution is -1.95. The first kappa shape index (κ1) is 13.1. The third-order valence-electron chi connectivity index (χ3n) is 2.55. The van der Waals surface area contributed by atoms with E-state index in [1.165, 1.54) is 3.57 Å². The van der Waals surface area contributed by atoms with Crippen LogP contribution >= 0.6 is 22.6 Å². The van der Waals surface area contributed by atoms with Crippen molar-refractivity contribution in [2.24, 2.45) is 0 Å². The summed E-state index contributed by atoms with van der Waals surface area (Å²) in [7, 11) is 0. The van der Waals surface area contributed by atoms with Gasteiger partial charge in [-0.25, -0.2) is 0 Å². The van der Waals surface area contributed by atoms with Crippen molar-refractivity contribution in [1.29, 1.82) is 0 Å². The highest BCUT2D eigenvalue weighted by Crippen LogP contribution is 2.22. The van der Waals surface area contributed by atoms with Gasteiger partial charge in [0, 0.05) is 15.6 Å². The van der Waals surface area contributed by atoms with E-state index in [-0.39, 0.29) is 5.78 Å². The second-order valence-corrected chi connectivity index (χ2v) is 5.10. The van der Waals surface area contributed by atoms with Gasteiger partial charge in [-0.05, 0) is 71.1 Å². The summed E-state index contributed by atoms with van der Waals surface area (Å²) in [6.07, 6.45) is 0.525. The number of hydrogen-bond donors (Lipinski definition) is 0. The molecule has 0 unspecified atom stereocenters. The normalized spacial score (nSPS) is 10.1. The van der Waals surface area contributed by atoms with E-state index >= 15 is 0 Å². The predicted octanol–water partition coefficient (Wildman–Crippen LogP) is 4.68. The van der Waals surface area contributed by atoms with E-state index in [2.05, 4.69) is 22.6 Å². The summed E-state index contributed by atoms with van der Waals surface area (Å²) < 4.78 is 6.86. The molecule has 0 aromatic heterocycles. The molecule has 0 N–H and O–H groups in total.